The fourth-order valence-electron chi connectivity index (χ4n) is 4.03. The normalized spacial score (nSPS) is 13.0. The molecule has 6 nitrogen and oxygen atoms in total. The maximum absolute atomic E-state index is 12.7. The first-order valence-electron chi connectivity index (χ1n) is 10.8. The van der Waals surface area contributed by atoms with E-state index in [0.29, 0.717) is 24.7 Å². The summed E-state index contributed by atoms with van der Waals surface area (Å²) in [5.74, 6) is 0.401. The summed E-state index contributed by atoms with van der Waals surface area (Å²) in [6.45, 7) is 3.83. The van der Waals surface area contributed by atoms with Crippen LogP contribution in [0.15, 0.2) is 65.5 Å². The second-order valence-corrected chi connectivity index (χ2v) is 8.00. The minimum Gasteiger partial charge on any atom is -0.355 e. The molecule has 0 aliphatic carbocycles. The molecule has 31 heavy (non-hydrogen) atoms. The van der Waals surface area contributed by atoms with Gasteiger partial charge in [0.2, 0.25) is 11.9 Å². The number of carbonyl (C=O) groups is 1. The highest BCUT2D eigenvalue weighted by Crippen LogP contribution is 2.22. The number of rotatable bonds is 7. The Balaban J connectivity index is 1.42. The van der Waals surface area contributed by atoms with Crippen LogP contribution in [0.25, 0.3) is 0 Å². The molecule has 0 fully saturated rings. The van der Waals surface area contributed by atoms with E-state index >= 15 is 0 Å². The number of benzene rings is 2. The van der Waals surface area contributed by atoms with Gasteiger partial charge in [0, 0.05) is 31.4 Å². The summed E-state index contributed by atoms with van der Waals surface area (Å²) >= 11 is 0. The smallest absolute Gasteiger partial charge is 0.255 e. The fraction of sp³-hybridized carbons (Fsp3) is 0.320. The molecule has 0 saturated heterocycles. The van der Waals surface area contributed by atoms with Gasteiger partial charge in [-0.1, -0.05) is 54.6 Å². The van der Waals surface area contributed by atoms with Crippen molar-refractivity contribution < 1.29 is 4.79 Å². The van der Waals surface area contributed by atoms with Gasteiger partial charge in [-0.15, -0.1) is 0 Å². The summed E-state index contributed by atoms with van der Waals surface area (Å²) in [5, 5.41) is 2.94. The van der Waals surface area contributed by atoms with Gasteiger partial charge < -0.3 is 10.2 Å². The van der Waals surface area contributed by atoms with Crippen LogP contribution >= 0.6 is 0 Å². The lowest BCUT2D eigenvalue weighted by atomic mass is 10.0. The van der Waals surface area contributed by atoms with Gasteiger partial charge in [-0.25, -0.2) is 4.98 Å². The zero-order valence-electron chi connectivity index (χ0n) is 17.9. The van der Waals surface area contributed by atoms with Crippen molar-refractivity contribution >= 4 is 11.9 Å². The molecular formula is C25H28N4O2. The molecule has 1 N–H and O–H groups in total. The lowest BCUT2D eigenvalue weighted by Crippen LogP contribution is -2.39. The summed E-state index contributed by atoms with van der Waals surface area (Å²) in [4.78, 5) is 32.0. The molecule has 4 rings (SSSR count). The van der Waals surface area contributed by atoms with Crippen LogP contribution in [-0.2, 0) is 30.7 Å². The van der Waals surface area contributed by atoms with Gasteiger partial charge in [-0.05, 0) is 42.9 Å². The van der Waals surface area contributed by atoms with E-state index in [9.17, 15) is 9.59 Å². The predicted molar refractivity (Wildman–Crippen MR) is 122 cm³/mol. The van der Waals surface area contributed by atoms with Crippen LogP contribution in [0, 0.1) is 6.92 Å². The predicted octanol–water partition coefficient (Wildman–Crippen LogP) is 2.86. The first-order chi connectivity index (χ1) is 15.1. The SMILES string of the molecule is Cc1cc(=O)n(CC(=O)NCCCc2ccccc2)c(N2CCc3ccccc3C2)n1. The molecule has 1 aliphatic heterocycles. The molecule has 2 aromatic carbocycles. The van der Waals surface area contributed by atoms with Gasteiger partial charge in [0.1, 0.15) is 6.54 Å². The van der Waals surface area contributed by atoms with E-state index in [4.69, 9.17) is 0 Å². The zero-order chi connectivity index (χ0) is 21.6. The van der Waals surface area contributed by atoms with Gasteiger partial charge in [-0.2, -0.15) is 0 Å². The Bertz CT molecular complexity index is 1110. The second kappa shape index (κ2) is 9.60. The van der Waals surface area contributed by atoms with E-state index < -0.39 is 0 Å². The molecule has 3 aromatic rings. The highest BCUT2D eigenvalue weighted by molar-refractivity contribution is 5.76. The van der Waals surface area contributed by atoms with Crippen molar-refractivity contribution in [3.8, 4) is 0 Å². The number of aryl methyl sites for hydroxylation is 2. The van der Waals surface area contributed by atoms with Gasteiger partial charge in [0.05, 0.1) is 0 Å². The highest BCUT2D eigenvalue weighted by atomic mass is 16.2. The minimum absolute atomic E-state index is 0.0229. The number of aromatic nitrogens is 2. The van der Waals surface area contributed by atoms with Crippen molar-refractivity contribution in [1.29, 1.82) is 0 Å². The standard InChI is InChI=1S/C25H28N4O2/c1-19-16-24(31)29(18-23(30)26-14-7-10-20-8-3-2-4-9-20)25(27-19)28-15-13-21-11-5-6-12-22(21)17-28/h2-6,8-9,11-12,16H,7,10,13-15,17-18H2,1H3,(H,26,30). The quantitative estimate of drug-likeness (QED) is 0.602. The van der Waals surface area contributed by atoms with Crippen LogP contribution in [-0.4, -0.2) is 28.5 Å². The van der Waals surface area contributed by atoms with Crippen molar-refractivity contribution in [2.45, 2.75) is 39.3 Å². The topological polar surface area (TPSA) is 67.2 Å². The Kier molecular flexibility index (Phi) is 6.46. The molecule has 0 unspecified atom stereocenters. The van der Waals surface area contributed by atoms with Crippen LogP contribution < -0.4 is 15.8 Å². The first kappa shape index (κ1) is 20.8. The van der Waals surface area contributed by atoms with Crippen molar-refractivity contribution in [2.75, 3.05) is 18.0 Å². The van der Waals surface area contributed by atoms with Gasteiger partial charge in [0.25, 0.3) is 5.56 Å². The molecule has 2 heterocycles. The Morgan fingerprint density at radius 2 is 1.81 bits per heavy atom. The van der Waals surface area contributed by atoms with Crippen LogP contribution in [0.5, 0.6) is 0 Å². The molecule has 1 aliphatic rings. The number of hydrogen-bond acceptors (Lipinski definition) is 4. The monoisotopic (exact) mass is 416 g/mol. The molecule has 6 heteroatoms. The van der Waals surface area contributed by atoms with Crippen molar-refractivity contribution in [3.05, 3.63) is 93.4 Å². The summed E-state index contributed by atoms with van der Waals surface area (Å²) in [7, 11) is 0. The number of nitrogens with zero attached hydrogens (tertiary/aromatic N) is 3. The summed E-state index contributed by atoms with van der Waals surface area (Å²) in [5.41, 5.74) is 4.29. The third-order valence-electron chi connectivity index (χ3n) is 5.64. The molecule has 0 radical (unpaired) electrons. The van der Waals surface area contributed by atoms with E-state index in [1.54, 1.807) is 0 Å². The molecular weight excluding hydrogens is 388 g/mol. The Labute approximate surface area is 182 Å². The third-order valence-corrected chi connectivity index (χ3v) is 5.64. The second-order valence-electron chi connectivity index (χ2n) is 8.00. The number of carbonyl (C=O) groups excluding carboxylic acids is 1. The lowest BCUT2D eigenvalue weighted by molar-refractivity contribution is -0.121. The van der Waals surface area contributed by atoms with Gasteiger partial charge in [-0.3, -0.25) is 14.2 Å². The summed E-state index contributed by atoms with van der Waals surface area (Å²) in [6, 6.07) is 20.0. The average Bonchev–Trinajstić information content (AvgIpc) is 2.79. The lowest BCUT2D eigenvalue weighted by Gasteiger charge is -2.31. The molecule has 0 atom stereocenters. The van der Waals surface area contributed by atoms with E-state index in [-0.39, 0.29) is 18.0 Å². The van der Waals surface area contributed by atoms with Crippen molar-refractivity contribution in [3.63, 3.8) is 0 Å². The first-order valence-corrected chi connectivity index (χ1v) is 10.8. The van der Waals surface area contributed by atoms with Crippen molar-refractivity contribution in [2.24, 2.45) is 0 Å². The molecule has 1 aromatic heterocycles. The van der Waals surface area contributed by atoms with Crippen LogP contribution in [0.2, 0.25) is 0 Å². The zero-order valence-corrected chi connectivity index (χ0v) is 17.9. The molecule has 0 saturated carbocycles. The Hall–Kier alpha value is -3.41. The average molecular weight is 417 g/mol. The largest absolute Gasteiger partial charge is 0.355 e. The molecule has 1 amide bonds. The number of amides is 1. The number of nitrogens with one attached hydrogen (secondary N) is 1. The highest BCUT2D eigenvalue weighted by Gasteiger charge is 2.21. The van der Waals surface area contributed by atoms with E-state index in [0.717, 1.165) is 25.8 Å². The van der Waals surface area contributed by atoms with Crippen LogP contribution in [0.3, 0.4) is 0 Å². The summed E-state index contributed by atoms with van der Waals surface area (Å²) < 4.78 is 1.49. The third kappa shape index (κ3) is 5.20. The molecule has 160 valence electrons. The number of anilines is 1. The number of fused-ring (bicyclic) bond motifs is 1. The van der Waals surface area contributed by atoms with E-state index in [1.807, 2.05) is 31.2 Å². The van der Waals surface area contributed by atoms with E-state index in [1.165, 1.54) is 27.3 Å². The maximum atomic E-state index is 12.7. The molecule has 0 bridgehead atoms. The van der Waals surface area contributed by atoms with Crippen molar-refractivity contribution in [1.82, 2.24) is 14.9 Å². The minimum atomic E-state index is -0.194. The fourth-order valence-corrected chi connectivity index (χ4v) is 4.03. The molecule has 0 spiro atoms. The Morgan fingerprint density at radius 3 is 2.61 bits per heavy atom. The van der Waals surface area contributed by atoms with E-state index in [2.05, 4.69) is 45.5 Å². The van der Waals surface area contributed by atoms with Gasteiger partial charge in [0.15, 0.2) is 0 Å². The summed E-state index contributed by atoms with van der Waals surface area (Å²) in [6.07, 6.45) is 2.66. The van der Waals surface area contributed by atoms with Gasteiger partial charge >= 0.3 is 0 Å². The van der Waals surface area contributed by atoms with Crippen LogP contribution in [0.4, 0.5) is 5.95 Å². The van der Waals surface area contributed by atoms with Crippen LogP contribution in [0.1, 0.15) is 28.8 Å². The maximum Gasteiger partial charge on any atom is 0.255 e. The Morgan fingerprint density at radius 1 is 1.06 bits per heavy atom. The number of hydrogen-bond donors (Lipinski definition) is 1.